The topological polar surface area (TPSA) is 64.9 Å². The van der Waals surface area contributed by atoms with Crippen molar-refractivity contribution in [1.82, 2.24) is 10.1 Å². The van der Waals surface area contributed by atoms with Gasteiger partial charge in [0, 0.05) is 5.56 Å². The van der Waals surface area contributed by atoms with Gasteiger partial charge in [-0.25, -0.2) is 4.39 Å². The van der Waals surface area contributed by atoms with Crippen molar-refractivity contribution in [3.05, 3.63) is 71.4 Å². The van der Waals surface area contributed by atoms with Gasteiger partial charge in [0.05, 0.1) is 0 Å². The molecule has 2 N–H and O–H groups in total. The highest BCUT2D eigenvalue weighted by Crippen LogP contribution is 2.24. The fraction of sp³-hybridized carbons (Fsp3) is 0.125. The Hall–Kier alpha value is -2.53. The highest BCUT2D eigenvalue weighted by atomic mass is 19.1. The number of aromatic nitrogens is 2. The SMILES string of the molecule is Cc1cc(F)ccc1-c1noc([C@@H](N)c2ccccc2)n1. The minimum atomic E-state index is -0.479. The van der Waals surface area contributed by atoms with Gasteiger partial charge in [-0.2, -0.15) is 4.98 Å². The average molecular weight is 283 g/mol. The lowest BCUT2D eigenvalue weighted by molar-refractivity contribution is 0.367. The summed E-state index contributed by atoms with van der Waals surface area (Å²) in [6.45, 7) is 1.80. The molecule has 0 radical (unpaired) electrons. The van der Waals surface area contributed by atoms with E-state index in [0.717, 1.165) is 16.7 Å². The minimum Gasteiger partial charge on any atom is -0.337 e. The molecule has 0 spiro atoms. The van der Waals surface area contributed by atoms with Crippen molar-refractivity contribution < 1.29 is 8.91 Å². The lowest BCUT2D eigenvalue weighted by Crippen LogP contribution is -2.12. The third kappa shape index (κ3) is 2.68. The maximum atomic E-state index is 13.1. The van der Waals surface area contributed by atoms with Crippen molar-refractivity contribution in [2.75, 3.05) is 0 Å². The van der Waals surface area contributed by atoms with E-state index in [2.05, 4.69) is 10.1 Å². The highest BCUT2D eigenvalue weighted by Gasteiger charge is 2.18. The highest BCUT2D eigenvalue weighted by molar-refractivity contribution is 5.59. The van der Waals surface area contributed by atoms with Crippen LogP contribution in [0.15, 0.2) is 53.1 Å². The van der Waals surface area contributed by atoms with Gasteiger partial charge in [-0.05, 0) is 36.2 Å². The van der Waals surface area contributed by atoms with E-state index in [4.69, 9.17) is 10.3 Å². The van der Waals surface area contributed by atoms with Crippen molar-refractivity contribution in [2.45, 2.75) is 13.0 Å². The Bertz CT molecular complexity index is 755. The van der Waals surface area contributed by atoms with Crippen molar-refractivity contribution in [3.63, 3.8) is 0 Å². The second-order valence-corrected chi connectivity index (χ2v) is 4.80. The summed E-state index contributed by atoms with van der Waals surface area (Å²) in [5.74, 6) is 0.453. The Labute approximate surface area is 121 Å². The van der Waals surface area contributed by atoms with E-state index < -0.39 is 6.04 Å². The summed E-state index contributed by atoms with van der Waals surface area (Å²) >= 11 is 0. The molecule has 5 heteroatoms. The van der Waals surface area contributed by atoms with Crippen molar-refractivity contribution >= 4 is 0 Å². The Kier molecular flexibility index (Phi) is 3.50. The van der Waals surface area contributed by atoms with Gasteiger partial charge in [0.25, 0.3) is 0 Å². The maximum absolute atomic E-state index is 13.1. The molecule has 1 atom stereocenters. The summed E-state index contributed by atoms with van der Waals surface area (Å²) in [7, 11) is 0. The van der Waals surface area contributed by atoms with Crippen LogP contribution in [0, 0.1) is 12.7 Å². The van der Waals surface area contributed by atoms with Crippen molar-refractivity contribution in [3.8, 4) is 11.4 Å². The Morgan fingerprint density at radius 1 is 1.14 bits per heavy atom. The van der Waals surface area contributed by atoms with Gasteiger partial charge in [0.1, 0.15) is 11.9 Å². The number of halogens is 1. The summed E-state index contributed by atoms with van der Waals surface area (Å²) in [6.07, 6.45) is 0. The van der Waals surface area contributed by atoms with Gasteiger partial charge < -0.3 is 10.3 Å². The van der Waals surface area contributed by atoms with E-state index in [0.29, 0.717) is 11.7 Å². The third-order valence-electron chi connectivity index (χ3n) is 3.30. The van der Waals surface area contributed by atoms with Gasteiger partial charge in [0.2, 0.25) is 11.7 Å². The molecule has 2 aromatic carbocycles. The summed E-state index contributed by atoms with van der Waals surface area (Å²) in [6, 6.07) is 13.5. The fourth-order valence-electron chi connectivity index (χ4n) is 2.15. The molecule has 0 aliphatic carbocycles. The van der Waals surface area contributed by atoms with E-state index in [1.165, 1.54) is 12.1 Å². The molecule has 21 heavy (non-hydrogen) atoms. The van der Waals surface area contributed by atoms with E-state index in [9.17, 15) is 4.39 Å². The summed E-state index contributed by atoms with van der Waals surface area (Å²) < 4.78 is 18.4. The van der Waals surface area contributed by atoms with Gasteiger partial charge in [0.15, 0.2) is 0 Å². The number of hydrogen-bond donors (Lipinski definition) is 1. The fourth-order valence-corrected chi connectivity index (χ4v) is 2.15. The molecule has 0 aliphatic rings. The standard InChI is InChI=1S/C16H14FN3O/c1-10-9-12(17)7-8-13(10)15-19-16(21-20-15)14(18)11-5-3-2-4-6-11/h2-9,14H,18H2,1H3/t14-/m0/s1. The molecule has 0 fully saturated rings. The molecule has 0 saturated heterocycles. The molecular formula is C16H14FN3O. The molecular weight excluding hydrogens is 269 g/mol. The van der Waals surface area contributed by atoms with Crippen LogP contribution in [0.3, 0.4) is 0 Å². The second-order valence-electron chi connectivity index (χ2n) is 4.80. The summed E-state index contributed by atoms with van der Waals surface area (Å²) in [4.78, 5) is 4.32. The molecule has 0 bridgehead atoms. The number of rotatable bonds is 3. The van der Waals surface area contributed by atoms with Gasteiger partial charge in [-0.1, -0.05) is 35.5 Å². The second kappa shape index (κ2) is 5.46. The van der Waals surface area contributed by atoms with Crippen LogP contribution in [0.25, 0.3) is 11.4 Å². The zero-order chi connectivity index (χ0) is 14.8. The molecule has 4 nitrogen and oxygen atoms in total. The monoisotopic (exact) mass is 283 g/mol. The van der Waals surface area contributed by atoms with Crippen LogP contribution >= 0.6 is 0 Å². The zero-order valence-electron chi connectivity index (χ0n) is 11.5. The van der Waals surface area contributed by atoms with Crippen molar-refractivity contribution in [1.29, 1.82) is 0 Å². The lowest BCUT2D eigenvalue weighted by Gasteiger charge is -2.05. The van der Waals surface area contributed by atoms with Crippen LogP contribution in [0.2, 0.25) is 0 Å². The first-order valence-electron chi connectivity index (χ1n) is 6.56. The predicted molar refractivity (Wildman–Crippen MR) is 76.9 cm³/mol. The molecule has 0 aliphatic heterocycles. The smallest absolute Gasteiger partial charge is 0.248 e. The normalized spacial score (nSPS) is 12.3. The molecule has 0 amide bonds. The molecule has 0 unspecified atom stereocenters. The van der Waals surface area contributed by atoms with E-state index in [-0.39, 0.29) is 5.82 Å². The molecule has 3 rings (SSSR count). The van der Waals surface area contributed by atoms with Gasteiger partial charge >= 0.3 is 0 Å². The average Bonchev–Trinajstić information content (AvgIpc) is 2.97. The number of hydrogen-bond acceptors (Lipinski definition) is 4. The van der Waals surface area contributed by atoms with Crippen LogP contribution in [0.4, 0.5) is 4.39 Å². The Balaban J connectivity index is 1.93. The number of benzene rings is 2. The maximum Gasteiger partial charge on any atom is 0.248 e. The molecule has 106 valence electrons. The van der Waals surface area contributed by atoms with Crippen LogP contribution < -0.4 is 5.73 Å². The van der Waals surface area contributed by atoms with Crippen LogP contribution in [0.1, 0.15) is 23.1 Å². The van der Waals surface area contributed by atoms with E-state index >= 15 is 0 Å². The molecule has 0 saturated carbocycles. The van der Waals surface area contributed by atoms with Gasteiger partial charge in [-0.15, -0.1) is 0 Å². The zero-order valence-corrected chi connectivity index (χ0v) is 11.5. The predicted octanol–water partition coefficient (Wildman–Crippen LogP) is 3.23. The lowest BCUT2D eigenvalue weighted by atomic mass is 10.1. The first-order valence-corrected chi connectivity index (χ1v) is 6.56. The van der Waals surface area contributed by atoms with Crippen molar-refractivity contribution in [2.24, 2.45) is 5.73 Å². The van der Waals surface area contributed by atoms with Crippen LogP contribution in [-0.2, 0) is 0 Å². The summed E-state index contributed by atoms with van der Waals surface area (Å²) in [5.41, 5.74) is 8.48. The molecule has 3 aromatic rings. The Morgan fingerprint density at radius 3 is 2.62 bits per heavy atom. The number of nitrogens with two attached hydrogens (primary N) is 1. The van der Waals surface area contributed by atoms with E-state index in [1.54, 1.807) is 13.0 Å². The van der Waals surface area contributed by atoms with Crippen LogP contribution in [-0.4, -0.2) is 10.1 Å². The molecule has 1 heterocycles. The minimum absolute atomic E-state index is 0.291. The van der Waals surface area contributed by atoms with E-state index in [1.807, 2.05) is 30.3 Å². The summed E-state index contributed by atoms with van der Waals surface area (Å²) in [5, 5.41) is 3.93. The van der Waals surface area contributed by atoms with Gasteiger partial charge in [-0.3, -0.25) is 0 Å². The Morgan fingerprint density at radius 2 is 1.90 bits per heavy atom. The first kappa shape index (κ1) is 13.5. The van der Waals surface area contributed by atoms with Crippen LogP contribution in [0.5, 0.6) is 0 Å². The molecule has 1 aromatic heterocycles. The number of aryl methyl sites for hydroxylation is 1. The first-order chi connectivity index (χ1) is 10.1. The quantitative estimate of drug-likeness (QED) is 0.801. The number of nitrogens with zero attached hydrogens (tertiary/aromatic N) is 2. The third-order valence-corrected chi connectivity index (χ3v) is 3.30. The largest absolute Gasteiger partial charge is 0.337 e.